The molecule has 1 saturated carbocycles. The third-order valence-electron chi connectivity index (χ3n) is 7.20. The van der Waals surface area contributed by atoms with Gasteiger partial charge in [-0.25, -0.2) is 4.98 Å². The first-order valence-electron chi connectivity index (χ1n) is 11.0. The molecule has 4 heterocycles. The number of carbonyl (C=O) groups excluding carboxylic acids is 2. The second kappa shape index (κ2) is 7.37. The van der Waals surface area contributed by atoms with Crippen LogP contribution in [0.2, 0.25) is 0 Å². The van der Waals surface area contributed by atoms with Gasteiger partial charge in [0.2, 0.25) is 5.91 Å². The second-order valence-electron chi connectivity index (χ2n) is 9.13. The van der Waals surface area contributed by atoms with E-state index in [0.29, 0.717) is 35.4 Å². The van der Waals surface area contributed by atoms with Crippen molar-refractivity contribution in [3.8, 4) is 0 Å². The number of rotatable bonds is 3. The van der Waals surface area contributed by atoms with E-state index >= 15 is 0 Å². The SMILES string of the molecule is O=C(NC1CCCC1)c1ccc(N2CC3CC(C2)[C@H]2CCCC(=O)N2C3)nc1. The summed E-state index contributed by atoms with van der Waals surface area (Å²) in [6, 6.07) is 4.65. The Morgan fingerprint density at radius 2 is 1.93 bits per heavy atom. The van der Waals surface area contributed by atoms with E-state index in [0.717, 1.165) is 57.6 Å². The number of aromatic nitrogens is 1. The van der Waals surface area contributed by atoms with Gasteiger partial charge in [0.1, 0.15) is 5.82 Å². The van der Waals surface area contributed by atoms with Crippen molar-refractivity contribution in [1.82, 2.24) is 15.2 Å². The van der Waals surface area contributed by atoms with Gasteiger partial charge < -0.3 is 15.1 Å². The number of nitrogens with one attached hydrogen (secondary N) is 1. The molecule has 4 aliphatic rings. The van der Waals surface area contributed by atoms with E-state index in [1.54, 1.807) is 6.20 Å². The van der Waals surface area contributed by atoms with Crippen molar-refractivity contribution < 1.29 is 9.59 Å². The quantitative estimate of drug-likeness (QED) is 0.873. The molecule has 2 bridgehead atoms. The highest BCUT2D eigenvalue weighted by Gasteiger charge is 2.44. The highest BCUT2D eigenvalue weighted by Crippen LogP contribution is 2.38. The van der Waals surface area contributed by atoms with Crippen molar-refractivity contribution in [3.05, 3.63) is 23.9 Å². The van der Waals surface area contributed by atoms with Crippen LogP contribution in [-0.2, 0) is 4.79 Å². The summed E-state index contributed by atoms with van der Waals surface area (Å²) in [5, 5.41) is 3.13. The Morgan fingerprint density at radius 1 is 1.07 bits per heavy atom. The van der Waals surface area contributed by atoms with Gasteiger partial charge in [0.25, 0.3) is 5.91 Å². The molecule has 1 N–H and O–H groups in total. The van der Waals surface area contributed by atoms with Crippen LogP contribution in [-0.4, -0.2) is 53.4 Å². The summed E-state index contributed by atoms with van der Waals surface area (Å²) in [5.41, 5.74) is 0.650. The fourth-order valence-electron chi connectivity index (χ4n) is 5.84. The van der Waals surface area contributed by atoms with Crippen LogP contribution in [0.4, 0.5) is 5.82 Å². The molecule has 0 radical (unpaired) electrons. The monoisotopic (exact) mass is 382 g/mol. The topological polar surface area (TPSA) is 65.5 Å². The van der Waals surface area contributed by atoms with Crippen LogP contribution in [0.3, 0.4) is 0 Å². The lowest BCUT2D eigenvalue weighted by Gasteiger charge is -2.52. The molecule has 1 aromatic rings. The molecule has 4 fully saturated rings. The smallest absolute Gasteiger partial charge is 0.253 e. The molecule has 6 nitrogen and oxygen atoms in total. The third-order valence-corrected chi connectivity index (χ3v) is 7.20. The summed E-state index contributed by atoms with van der Waals surface area (Å²) in [6.07, 6.45) is 10.5. The first kappa shape index (κ1) is 18.0. The van der Waals surface area contributed by atoms with Crippen LogP contribution in [0.25, 0.3) is 0 Å². The molecular formula is C22H30N4O2. The fraction of sp³-hybridized carbons (Fsp3) is 0.682. The van der Waals surface area contributed by atoms with Crippen LogP contribution in [0.1, 0.15) is 61.7 Å². The summed E-state index contributed by atoms with van der Waals surface area (Å²) in [5.74, 6) is 2.39. The number of pyridine rings is 1. The molecule has 0 aromatic carbocycles. The molecule has 3 aliphatic heterocycles. The second-order valence-corrected chi connectivity index (χ2v) is 9.13. The van der Waals surface area contributed by atoms with Gasteiger partial charge in [0.05, 0.1) is 5.56 Å². The zero-order valence-electron chi connectivity index (χ0n) is 16.5. The highest BCUT2D eigenvalue weighted by atomic mass is 16.2. The van der Waals surface area contributed by atoms with Crippen LogP contribution < -0.4 is 10.2 Å². The molecule has 1 aromatic heterocycles. The maximum absolute atomic E-state index is 12.4. The van der Waals surface area contributed by atoms with Crippen molar-refractivity contribution in [2.75, 3.05) is 24.5 Å². The van der Waals surface area contributed by atoms with Crippen LogP contribution >= 0.6 is 0 Å². The molecule has 0 spiro atoms. The maximum atomic E-state index is 12.4. The molecule has 5 rings (SSSR count). The molecule has 2 unspecified atom stereocenters. The van der Waals surface area contributed by atoms with Gasteiger partial charge in [-0.2, -0.15) is 0 Å². The summed E-state index contributed by atoms with van der Waals surface area (Å²) in [7, 11) is 0. The van der Waals surface area contributed by atoms with E-state index in [1.165, 1.54) is 19.3 Å². The summed E-state index contributed by atoms with van der Waals surface area (Å²) in [6.45, 7) is 2.82. The van der Waals surface area contributed by atoms with E-state index in [4.69, 9.17) is 0 Å². The minimum atomic E-state index is -0.00202. The molecule has 2 amide bonds. The van der Waals surface area contributed by atoms with E-state index in [-0.39, 0.29) is 5.91 Å². The Bertz CT molecular complexity index is 743. The van der Waals surface area contributed by atoms with Gasteiger partial charge in [-0.3, -0.25) is 9.59 Å². The average molecular weight is 383 g/mol. The zero-order valence-corrected chi connectivity index (χ0v) is 16.5. The zero-order chi connectivity index (χ0) is 19.1. The summed E-state index contributed by atoms with van der Waals surface area (Å²) >= 11 is 0. The van der Waals surface area contributed by atoms with Crippen LogP contribution in [0.5, 0.6) is 0 Å². The van der Waals surface area contributed by atoms with Gasteiger partial charge in [-0.05, 0) is 56.1 Å². The molecule has 28 heavy (non-hydrogen) atoms. The molecule has 3 saturated heterocycles. The number of anilines is 1. The number of amides is 2. The molecular weight excluding hydrogens is 352 g/mol. The van der Waals surface area contributed by atoms with Gasteiger partial charge >= 0.3 is 0 Å². The Morgan fingerprint density at radius 3 is 2.71 bits per heavy atom. The summed E-state index contributed by atoms with van der Waals surface area (Å²) in [4.78, 5) is 33.9. The van der Waals surface area contributed by atoms with Crippen molar-refractivity contribution >= 4 is 17.6 Å². The number of hydrogen-bond acceptors (Lipinski definition) is 4. The number of hydrogen-bond donors (Lipinski definition) is 1. The first-order valence-corrected chi connectivity index (χ1v) is 11.0. The van der Waals surface area contributed by atoms with Crippen LogP contribution in [0, 0.1) is 11.8 Å². The Hall–Kier alpha value is -2.11. The van der Waals surface area contributed by atoms with Gasteiger partial charge in [0.15, 0.2) is 0 Å². The van der Waals surface area contributed by atoms with E-state index in [9.17, 15) is 9.59 Å². The Kier molecular flexibility index (Phi) is 4.73. The van der Waals surface area contributed by atoms with Gasteiger partial charge in [-0.15, -0.1) is 0 Å². The minimum Gasteiger partial charge on any atom is -0.356 e. The normalized spacial score (nSPS) is 30.3. The fourth-order valence-corrected chi connectivity index (χ4v) is 5.84. The molecule has 1 aliphatic carbocycles. The number of carbonyl (C=O) groups is 2. The Labute approximate surface area is 166 Å². The number of nitrogens with zero attached hydrogens (tertiary/aromatic N) is 3. The number of piperidine rings is 3. The predicted molar refractivity (Wildman–Crippen MR) is 107 cm³/mol. The van der Waals surface area contributed by atoms with Crippen molar-refractivity contribution in [2.45, 2.75) is 63.5 Å². The standard InChI is InChI=1S/C22H30N4O2/c27-21-7-3-6-19-17-10-15(13-26(19)21)12-25(14-17)20-9-8-16(11-23-20)22(28)24-18-4-1-2-5-18/h8-9,11,15,17-19H,1-7,10,12-14H2,(H,24,28)/t15?,17?,19-/m1/s1. The van der Waals surface area contributed by atoms with Gasteiger partial charge in [-0.1, -0.05) is 12.8 Å². The highest BCUT2D eigenvalue weighted by molar-refractivity contribution is 5.94. The Balaban J connectivity index is 1.25. The van der Waals surface area contributed by atoms with E-state index in [2.05, 4.69) is 20.1 Å². The van der Waals surface area contributed by atoms with Crippen molar-refractivity contribution in [2.24, 2.45) is 11.8 Å². The van der Waals surface area contributed by atoms with Crippen LogP contribution in [0.15, 0.2) is 18.3 Å². The predicted octanol–water partition coefficient (Wildman–Crippen LogP) is 2.59. The lowest BCUT2D eigenvalue weighted by Crippen LogP contribution is -2.60. The van der Waals surface area contributed by atoms with Crippen molar-refractivity contribution in [1.29, 1.82) is 0 Å². The minimum absolute atomic E-state index is 0.00202. The summed E-state index contributed by atoms with van der Waals surface area (Å²) < 4.78 is 0. The molecule has 3 atom stereocenters. The lowest BCUT2D eigenvalue weighted by molar-refractivity contribution is -0.142. The molecule has 6 heteroatoms. The maximum Gasteiger partial charge on any atom is 0.253 e. The van der Waals surface area contributed by atoms with Crippen molar-refractivity contribution in [3.63, 3.8) is 0 Å². The average Bonchev–Trinajstić information content (AvgIpc) is 3.22. The van der Waals surface area contributed by atoms with Gasteiger partial charge in [0, 0.05) is 44.3 Å². The largest absolute Gasteiger partial charge is 0.356 e. The lowest BCUT2D eigenvalue weighted by atomic mass is 9.76. The molecule has 150 valence electrons. The first-order chi connectivity index (χ1) is 13.7. The number of fused-ring (bicyclic) bond motifs is 4. The van der Waals surface area contributed by atoms with E-state index < -0.39 is 0 Å². The third kappa shape index (κ3) is 3.38. The van der Waals surface area contributed by atoms with E-state index in [1.807, 2.05) is 12.1 Å².